The SMILES string of the molecule is Cc1ccc(NC(C)c2ccc(F)cc2Cl)c(C)c1. The largest absolute Gasteiger partial charge is 0.378 e. The van der Waals surface area contributed by atoms with Gasteiger partial charge in [0.1, 0.15) is 5.82 Å². The van der Waals surface area contributed by atoms with Crippen LogP contribution in [0.3, 0.4) is 0 Å². The summed E-state index contributed by atoms with van der Waals surface area (Å²) in [5.74, 6) is -0.313. The zero-order chi connectivity index (χ0) is 14.0. The molecule has 2 rings (SSSR count). The monoisotopic (exact) mass is 277 g/mol. The number of anilines is 1. The van der Waals surface area contributed by atoms with Crippen LogP contribution in [-0.2, 0) is 0 Å². The molecule has 2 aromatic carbocycles. The molecule has 100 valence electrons. The Balaban J connectivity index is 2.23. The molecule has 0 aliphatic carbocycles. The summed E-state index contributed by atoms with van der Waals surface area (Å²) in [4.78, 5) is 0. The fourth-order valence-corrected chi connectivity index (χ4v) is 2.47. The van der Waals surface area contributed by atoms with E-state index in [4.69, 9.17) is 11.6 Å². The van der Waals surface area contributed by atoms with E-state index >= 15 is 0 Å². The molecule has 0 fully saturated rings. The van der Waals surface area contributed by atoms with Gasteiger partial charge >= 0.3 is 0 Å². The van der Waals surface area contributed by atoms with Crippen molar-refractivity contribution in [2.75, 3.05) is 5.32 Å². The lowest BCUT2D eigenvalue weighted by molar-refractivity contribution is 0.626. The first kappa shape index (κ1) is 13.9. The van der Waals surface area contributed by atoms with Crippen LogP contribution >= 0.6 is 11.6 Å². The van der Waals surface area contributed by atoms with Gasteiger partial charge in [-0.2, -0.15) is 0 Å². The molecule has 0 spiro atoms. The zero-order valence-corrected chi connectivity index (χ0v) is 12.1. The van der Waals surface area contributed by atoms with Gasteiger partial charge in [-0.05, 0) is 50.1 Å². The molecule has 0 aromatic heterocycles. The number of rotatable bonds is 3. The predicted octanol–water partition coefficient (Wildman–Crippen LogP) is 5.27. The van der Waals surface area contributed by atoms with Gasteiger partial charge < -0.3 is 5.32 Å². The summed E-state index contributed by atoms with van der Waals surface area (Å²) in [7, 11) is 0. The Morgan fingerprint density at radius 2 is 1.84 bits per heavy atom. The van der Waals surface area contributed by atoms with Gasteiger partial charge in [0, 0.05) is 10.7 Å². The van der Waals surface area contributed by atoms with Crippen molar-refractivity contribution in [3.05, 3.63) is 63.9 Å². The maximum atomic E-state index is 13.0. The number of nitrogens with one attached hydrogen (secondary N) is 1. The molecule has 0 radical (unpaired) electrons. The lowest BCUT2D eigenvalue weighted by Crippen LogP contribution is -2.08. The van der Waals surface area contributed by atoms with E-state index in [0.717, 1.165) is 11.3 Å². The van der Waals surface area contributed by atoms with Crippen LogP contribution in [0.25, 0.3) is 0 Å². The standard InChI is InChI=1S/C16H17ClFN/c1-10-4-7-16(11(2)8-10)19-12(3)14-6-5-13(18)9-15(14)17/h4-9,12,19H,1-3H3. The number of halogens is 2. The lowest BCUT2D eigenvalue weighted by atomic mass is 10.1. The Bertz CT molecular complexity index is 595. The topological polar surface area (TPSA) is 12.0 Å². The van der Waals surface area contributed by atoms with Crippen molar-refractivity contribution in [2.45, 2.75) is 26.8 Å². The normalized spacial score (nSPS) is 12.3. The Hall–Kier alpha value is -1.54. The molecule has 1 unspecified atom stereocenters. The molecule has 3 heteroatoms. The van der Waals surface area contributed by atoms with E-state index in [9.17, 15) is 4.39 Å². The van der Waals surface area contributed by atoms with Gasteiger partial charge in [-0.25, -0.2) is 4.39 Å². The number of benzene rings is 2. The second-order valence-electron chi connectivity index (χ2n) is 4.85. The molecule has 0 saturated carbocycles. The van der Waals surface area contributed by atoms with Gasteiger partial charge in [-0.1, -0.05) is 35.4 Å². The second kappa shape index (κ2) is 5.62. The quantitative estimate of drug-likeness (QED) is 0.806. The van der Waals surface area contributed by atoms with E-state index in [2.05, 4.69) is 37.4 Å². The Morgan fingerprint density at radius 3 is 2.47 bits per heavy atom. The maximum absolute atomic E-state index is 13.0. The van der Waals surface area contributed by atoms with Crippen LogP contribution < -0.4 is 5.32 Å². The summed E-state index contributed by atoms with van der Waals surface area (Å²) in [6.07, 6.45) is 0. The molecule has 0 aliphatic heterocycles. The summed E-state index contributed by atoms with van der Waals surface area (Å²) < 4.78 is 13.0. The molecule has 2 aromatic rings. The average molecular weight is 278 g/mol. The van der Waals surface area contributed by atoms with Gasteiger partial charge in [0.25, 0.3) is 0 Å². The predicted molar refractivity (Wildman–Crippen MR) is 79.4 cm³/mol. The van der Waals surface area contributed by atoms with E-state index < -0.39 is 0 Å². The summed E-state index contributed by atoms with van der Waals surface area (Å²) in [6.45, 7) is 6.14. The van der Waals surface area contributed by atoms with Gasteiger partial charge in [0.2, 0.25) is 0 Å². The van der Waals surface area contributed by atoms with Crippen molar-refractivity contribution in [1.29, 1.82) is 0 Å². The minimum absolute atomic E-state index is 0.0227. The first-order chi connectivity index (χ1) is 8.97. The van der Waals surface area contributed by atoms with Crippen molar-refractivity contribution in [3.8, 4) is 0 Å². The van der Waals surface area contributed by atoms with Crippen molar-refractivity contribution in [2.24, 2.45) is 0 Å². The fourth-order valence-electron chi connectivity index (χ4n) is 2.14. The molecule has 1 atom stereocenters. The van der Waals surface area contributed by atoms with E-state index in [1.165, 1.54) is 23.3 Å². The highest BCUT2D eigenvalue weighted by atomic mass is 35.5. The first-order valence-corrected chi connectivity index (χ1v) is 6.64. The van der Waals surface area contributed by atoms with E-state index in [1.807, 2.05) is 6.92 Å². The Morgan fingerprint density at radius 1 is 1.11 bits per heavy atom. The summed E-state index contributed by atoms with van der Waals surface area (Å²) in [5, 5.41) is 3.86. The van der Waals surface area contributed by atoms with Gasteiger partial charge in [-0.15, -0.1) is 0 Å². The van der Waals surface area contributed by atoms with Gasteiger partial charge in [0.05, 0.1) is 6.04 Å². The van der Waals surface area contributed by atoms with E-state index in [1.54, 1.807) is 6.07 Å². The maximum Gasteiger partial charge on any atom is 0.124 e. The van der Waals surface area contributed by atoms with E-state index in [0.29, 0.717) is 5.02 Å². The minimum Gasteiger partial charge on any atom is -0.378 e. The Kier molecular flexibility index (Phi) is 4.11. The van der Waals surface area contributed by atoms with Gasteiger partial charge in [0.15, 0.2) is 0 Å². The molecule has 0 bridgehead atoms. The molecule has 0 heterocycles. The Labute approximate surface area is 118 Å². The third-order valence-corrected chi connectivity index (χ3v) is 3.51. The highest BCUT2D eigenvalue weighted by Gasteiger charge is 2.11. The van der Waals surface area contributed by atoms with Crippen molar-refractivity contribution >= 4 is 17.3 Å². The van der Waals surface area contributed by atoms with Crippen molar-refractivity contribution in [1.82, 2.24) is 0 Å². The average Bonchev–Trinajstić information content (AvgIpc) is 2.32. The molecule has 1 nitrogen and oxygen atoms in total. The number of hydrogen-bond acceptors (Lipinski definition) is 1. The summed E-state index contributed by atoms with van der Waals surface area (Å²) in [5.41, 5.74) is 4.38. The zero-order valence-electron chi connectivity index (χ0n) is 11.3. The van der Waals surface area contributed by atoms with E-state index in [-0.39, 0.29) is 11.9 Å². The van der Waals surface area contributed by atoms with Crippen molar-refractivity contribution in [3.63, 3.8) is 0 Å². The first-order valence-electron chi connectivity index (χ1n) is 6.26. The van der Waals surface area contributed by atoms with Crippen LogP contribution in [0.4, 0.5) is 10.1 Å². The molecule has 19 heavy (non-hydrogen) atoms. The van der Waals surface area contributed by atoms with Crippen LogP contribution in [0, 0.1) is 19.7 Å². The summed E-state index contributed by atoms with van der Waals surface area (Å²) in [6, 6.07) is 10.8. The second-order valence-corrected chi connectivity index (χ2v) is 5.26. The van der Waals surface area contributed by atoms with Crippen LogP contribution in [0.15, 0.2) is 36.4 Å². The van der Waals surface area contributed by atoms with Crippen LogP contribution in [0.2, 0.25) is 5.02 Å². The number of aryl methyl sites for hydroxylation is 2. The molecule has 0 amide bonds. The van der Waals surface area contributed by atoms with Gasteiger partial charge in [-0.3, -0.25) is 0 Å². The lowest BCUT2D eigenvalue weighted by Gasteiger charge is -2.19. The third-order valence-electron chi connectivity index (χ3n) is 3.18. The highest BCUT2D eigenvalue weighted by molar-refractivity contribution is 6.31. The number of hydrogen-bond donors (Lipinski definition) is 1. The highest BCUT2D eigenvalue weighted by Crippen LogP contribution is 2.28. The minimum atomic E-state index is -0.313. The van der Waals surface area contributed by atoms with Crippen LogP contribution in [0.5, 0.6) is 0 Å². The smallest absolute Gasteiger partial charge is 0.124 e. The third kappa shape index (κ3) is 3.27. The molecule has 1 N–H and O–H groups in total. The molecule has 0 aliphatic rings. The van der Waals surface area contributed by atoms with Crippen LogP contribution in [0.1, 0.15) is 29.7 Å². The molecule has 0 saturated heterocycles. The molecular formula is C16H17ClFN. The molecular weight excluding hydrogens is 261 g/mol. The van der Waals surface area contributed by atoms with Crippen LogP contribution in [-0.4, -0.2) is 0 Å². The fraction of sp³-hybridized carbons (Fsp3) is 0.250. The van der Waals surface area contributed by atoms with Crippen molar-refractivity contribution < 1.29 is 4.39 Å². The summed E-state index contributed by atoms with van der Waals surface area (Å²) >= 11 is 6.08.